The highest BCUT2D eigenvalue weighted by Crippen LogP contribution is 2.54. The number of ether oxygens (including phenoxy) is 2. The molecule has 2 amide bonds. The molecule has 3 aliphatic carbocycles. The third-order valence-corrected chi connectivity index (χ3v) is 9.34. The van der Waals surface area contributed by atoms with Crippen LogP contribution in [0.4, 0.5) is 23.2 Å². The molecule has 1 saturated heterocycles. The van der Waals surface area contributed by atoms with Crippen molar-refractivity contribution in [1.29, 1.82) is 0 Å². The van der Waals surface area contributed by atoms with E-state index in [1.807, 2.05) is 0 Å². The summed E-state index contributed by atoms with van der Waals surface area (Å²) in [7, 11) is 1.40. The van der Waals surface area contributed by atoms with Crippen molar-refractivity contribution in [3.8, 4) is 5.88 Å². The third kappa shape index (κ3) is 5.10. The third-order valence-electron chi connectivity index (χ3n) is 9.34. The number of fused-ring (bicyclic) bond motifs is 3. The van der Waals surface area contributed by atoms with Gasteiger partial charge in [0.15, 0.2) is 6.10 Å². The fourth-order valence-electron chi connectivity index (χ4n) is 7.11. The quantitative estimate of drug-likeness (QED) is 0.345. The molecule has 3 heterocycles. The van der Waals surface area contributed by atoms with Gasteiger partial charge in [-0.15, -0.1) is 0 Å². The fraction of sp³-hybridized carbons (Fsp3) is 0.484. The van der Waals surface area contributed by atoms with Crippen LogP contribution in [0.2, 0.25) is 0 Å². The molecule has 1 aromatic heterocycles. The van der Waals surface area contributed by atoms with Crippen LogP contribution in [0.15, 0.2) is 47.3 Å². The van der Waals surface area contributed by atoms with Gasteiger partial charge in [-0.1, -0.05) is 16.8 Å². The Morgan fingerprint density at radius 2 is 1.86 bits per heavy atom. The summed E-state index contributed by atoms with van der Waals surface area (Å²) in [6, 6.07) is 3.38. The largest absolute Gasteiger partial charge is 0.480 e. The maximum Gasteiger partial charge on any atom is 0.419 e. The van der Waals surface area contributed by atoms with Gasteiger partial charge in [-0.25, -0.2) is 9.37 Å². The van der Waals surface area contributed by atoms with Crippen LogP contribution >= 0.6 is 0 Å². The van der Waals surface area contributed by atoms with Crippen LogP contribution in [0.5, 0.6) is 5.88 Å². The number of halogens is 4. The zero-order chi connectivity index (χ0) is 30.7. The van der Waals surface area contributed by atoms with Crippen LogP contribution in [0.1, 0.15) is 47.2 Å². The van der Waals surface area contributed by atoms with Crippen LogP contribution < -0.4 is 15.4 Å². The summed E-state index contributed by atoms with van der Waals surface area (Å²) in [4.78, 5) is 37.4. The van der Waals surface area contributed by atoms with Crippen molar-refractivity contribution in [2.75, 3.05) is 25.6 Å². The number of oxime groups is 1. The molecule has 9 nitrogen and oxygen atoms in total. The van der Waals surface area contributed by atoms with Crippen LogP contribution in [0.25, 0.3) is 0 Å². The smallest absolute Gasteiger partial charge is 0.419 e. The minimum absolute atomic E-state index is 0.0841. The molecule has 44 heavy (non-hydrogen) atoms. The summed E-state index contributed by atoms with van der Waals surface area (Å²) in [6.45, 7) is 0.863. The van der Waals surface area contributed by atoms with Gasteiger partial charge < -0.3 is 24.9 Å². The van der Waals surface area contributed by atoms with Crippen molar-refractivity contribution in [2.45, 2.75) is 44.0 Å². The van der Waals surface area contributed by atoms with E-state index in [0.717, 1.165) is 37.3 Å². The van der Waals surface area contributed by atoms with E-state index in [4.69, 9.17) is 14.3 Å². The molecule has 6 atom stereocenters. The van der Waals surface area contributed by atoms with Crippen molar-refractivity contribution >= 4 is 23.2 Å². The molecule has 3 saturated carbocycles. The van der Waals surface area contributed by atoms with Gasteiger partial charge in [0.1, 0.15) is 11.4 Å². The minimum Gasteiger partial charge on any atom is -0.480 e. The second-order valence-corrected chi connectivity index (χ2v) is 12.0. The fourth-order valence-corrected chi connectivity index (χ4v) is 7.11. The van der Waals surface area contributed by atoms with E-state index >= 15 is 0 Å². The number of rotatable bonds is 7. The summed E-state index contributed by atoms with van der Waals surface area (Å²) < 4.78 is 64.8. The van der Waals surface area contributed by atoms with E-state index in [1.54, 1.807) is 12.3 Å². The highest BCUT2D eigenvalue weighted by Gasteiger charge is 2.55. The Hall–Kier alpha value is -4.00. The Morgan fingerprint density at radius 3 is 2.61 bits per heavy atom. The van der Waals surface area contributed by atoms with Gasteiger partial charge in [-0.2, -0.15) is 13.2 Å². The first-order valence-corrected chi connectivity index (χ1v) is 14.7. The number of aromatic nitrogens is 1. The molecule has 7 rings (SSSR count). The Balaban J connectivity index is 1.17. The number of nitrogens with zero attached hydrogens (tertiary/aromatic N) is 2. The molecule has 2 aliphatic heterocycles. The molecule has 0 spiro atoms. The van der Waals surface area contributed by atoms with E-state index in [0.29, 0.717) is 42.5 Å². The summed E-state index contributed by atoms with van der Waals surface area (Å²) in [5.41, 5.74) is 0.837. The number of methoxy groups -OCH3 is 1. The zero-order valence-corrected chi connectivity index (χ0v) is 23.7. The molecule has 13 heteroatoms. The number of benzene rings is 1. The highest BCUT2D eigenvalue weighted by atomic mass is 19.4. The van der Waals surface area contributed by atoms with Gasteiger partial charge in [0.25, 0.3) is 5.91 Å². The van der Waals surface area contributed by atoms with Gasteiger partial charge >= 0.3 is 6.18 Å². The molecule has 4 fully saturated rings. The minimum atomic E-state index is -4.92. The van der Waals surface area contributed by atoms with Crippen LogP contribution in [0, 0.1) is 35.4 Å². The average Bonchev–Trinajstić information content (AvgIpc) is 3.27. The summed E-state index contributed by atoms with van der Waals surface area (Å²) in [5.74, 6) is -3.05. The summed E-state index contributed by atoms with van der Waals surface area (Å²) in [6.07, 6.45) is 2.25. The maximum absolute atomic E-state index is 13.9. The standard InChI is InChI=1S/C31H30F4N4O5/c1-42-30-20(9-15(11-36-30)26-21-12-43-13-24(21)44-39-26)28(40)38-27-18-6-5-17(19(18)8-14-2-3-14)25(27)29(41)37-16-4-7-23(32)22(10-16)31(33,34)35/h4,7-11,14,17-18,21,24-25,27H,2-3,5-6,12-13H2,1H3,(H,37,41)(H,38,40)/b19-8-/t17?,18?,21?,24?,25-,27+/m0/s1. The molecule has 2 aromatic rings. The number of carbonyl (C=O) groups is 2. The summed E-state index contributed by atoms with van der Waals surface area (Å²) in [5, 5.41) is 9.82. The molecule has 1 aromatic carbocycles. The van der Waals surface area contributed by atoms with Crippen molar-refractivity contribution in [3.63, 3.8) is 0 Å². The van der Waals surface area contributed by atoms with Crippen molar-refractivity contribution in [1.82, 2.24) is 10.3 Å². The predicted octanol–water partition coefficient (Wildman–Crippen LogP) is 4.73. The topological polar surface area (TPSA) is 111 Å². The number of pyridine rings is 1. The van der Waals surface area contributed by atoms with Crippen molar-refractivity contribution < 1.29 is 41.5 Å². The first-order valence-electron chi connectivity index (χ1n) is 14.7. The Kier molecular flexibility index (Phi) is 7.10. The van der Waals surface area contributed by atoms with Crippen molar-refractivity contribution in [3.05, 3.63) is 64.6 Å². The SMILES string of the molecule is COc1ncc(C2=NOC3COCC23)cc1C(=O)N[C@@H]1C2CCC(/C2=C/C2CC2)[C@@H]1C(=O)Nc1ccc(F)c(C(F)(F)F)c1. The Bertz CT molecular complexity index is 1570. The van der Waals surface area contributed by atoms with E-state index in [2.05, 4.69) is 26.8 Å². The van der Waals surface area contributed by atoms with E-state index in [1.165, 1.54) is 7.11 Å². The molecular weight excluding hydrogens is 584 g/mol. The molecule has 4 unspecified atom stereocenters. The lowest BCUT2D eigenvalue weighted by molar-refractivity contribution is -0.140. The van der Waals surface area contributed by atoms with Gasteiger partial charge in [-0.05, 0) is 61.8 Å². The van der Waals surface area contributed by atoms with Crippen LogP contribution in [0.3, 0.4) is 0 Å². The second kappa shape index (κ2) is 10.9. The number of nitrogens with one attached hydrogen (secondary N) is 2. The molecule has 0 radical (unpaired) electrons. The lowest BCUT2D eigenvalue weighted by Gasteiger charge is -2.30. The van der Waals surface area contributed by atoms with E-state index < -0.39 is 41.3 Å². The van der Waals surface area contributed by atoms with Gasteiger partial charge in [0.2, 0.25) is 11.8 Å². The van der Waals surface area contributed by atoms with Gasteiger partial charge in [-0.3, -0.25) is 9.59 Å². The number of hydrogen-bond donors (Lipinski definition) is 2. The normalized spacial score (nSPS) is 29.8. The molecular formula is C31H30F4N4O5. The highest BCUT2D eigenvalue weighted by molar-refractivity contribution is 6.06. The molecule has 2 bridgehead atoms. The monoisotopic (exact) mass is 614 g/mol. The average molecular weight is 615 g/mol. The lowest BCUT2D eigenvalue weighted by atomic mass is 9.83. The van der Waals surface area contributed by atoms with Gasteiger partial charge in [0, 0.05) is 29.4 Å². The number of anilines is 1. The first kappa shape index (κ1) is 28.8. The summed E-state index contributed by atoms with van der Waals surface area (Å²) >= 11 is 0. The number of alkyl halides is 3. The maximum atomic E-state index is 13.9. The number of hydrogen-bond acceptors (Lipinski definition) is 7. The van der Waals surface area contributed by atoms with Crippen LogP contribution in [-0.2, 0) is 20.5 Å². The Morgan fingerprint density at radius 1 is 1.07 bits per heavy atom. The predicted molar refractivity (Wildman–Crippen MR) is 148 cm³/mol. The number of allylic oxidation sites excluding steroid dienone is 1. The van der Waals surface area contributed by atoms with E-state index in [9.17, 15) is 27.2 Å². The zero-order valence-electron chi connectivity index (χ0n) is 23.7. The van der Waals surface area contributed by atoms with Crippen LogP contribution in [-0.4, -0.2) is 55.0 Å². The number of amides is 2. The Labute approximate surface area is 250 Å². The first-order chi connectivity index (χ1) is 21.1. The lowest BCUT2D eigenvalue weighted by Crippen LogP contribution is -2.48. The molecule has 2 N–H and O–H groups in total. The van der Waals surface area contributed by atoms with Crippen molar-refractivity contribution in [2.24, 2.45) is 34.7 Å². The number of carbonyl (C=O) groups excluding carboxylic acids is 2. The molecule has 232 valence electrons. The van der Waals surface area contributed by atoms with Gasteiger partial charge in [0.05, 0.1) is 43.4 Å². The second-order valence-electron chi connectivity index (χ2n) is 12.0. The molecule has 5 aliphatic rings. The van der Waals surface area contributed by atoms with E-state index in [-0.39, 0.29) is 41.0 Å².